The Morgan fingerprint density at radius 3 is 2.59 bits per heavy atom. The van der Waals surface area contributed by atoms with Crippen LogP contribution in [-0.4, -0.2) is 40.6 Å². The van der Waals surface area contributed by atoms with Gasteiger partial charge in [0.2, 0.25) is 5.91 Å². The monoisotopic (exact) mass is 411 g/mol. The first kappa shape index (κ1) is 20.8. The molecule has 0 aliphatic carbocycles. The summed E-state index contributed by atoms with van der Waals surface area (Å²) in [6.07, 6.45) is 0. The van der Waals surface area contributed by atoms with E-state index < -0.39 is 23.7 Å². The zero-order valence-corrected chi connectivity index (χ0v) is 16.2. The van der Waals surface area contributed by atoms with Crippen LogP contribution in [0, 0.1) is 6.92 Å². The van der Waals surface area contributed by atoms with E-state index in [9.17, 15) is 14.4 Å². The summed E-state index contributed by atoms with van der Waals surface area (Å²) in [7, 11) is 0. The highest BCUT2D eigenvalue weighted by atomic mass is 35.5. The molecule has 0 spiro atoms. The van der Waals surface area contributed by atoms with Gasteiger partial charge in [0, 0.05) is 16.8 Å². The second kappa shape index (κ2) is 9.98. The Morgan fingerprint density at radius 1 is 1.26 bits per heavy atom. The van der Waals surface area contributed by atoms with Crippen molar-refractivity contribution in [2.24, 2.45) is 0 Å². The molecule has 0 fully saturated rings. The van der Waals surface area contributed by atoms with Gasteiger partial charge in [-0.25, -0.2) is 0 Å². The fraction of sp³-hybridized carbons (Fsp3) is 0.294. The number of aryl methyl sites for hydroxylation is 1. The predicted molar refractivity (Wildman–Crippen MR) is 103 cm³/mol. The summed E-state index contributed by atoms with van der Waals surface area (Å²) >= 11 is 6.84. The molecule has 0 radical (unpaired) electrons. The summed E-state index contributed by atoms with van der Waals surface area (Å²) in [6.45, 7) is 2.94. The number of hydrogen-bond donors (Lipinski definition) is 2. The molecule has 1 aromatic heterocycles. The molecule has 0 aliphatic rings. The van der Waals surface area contributed by atoms with Gasteiger partial charge in [-0.05, 0) is 38.1 Å². The van der Waals surface area contributed by atoms with Gasteiger partial charge in [-0.2, -0.15) is 0 Å². The van der Waals surface area contributed by atoms with Gasteiger partial charge in [-0.1, -0.05) is 16.8 Å². The van der Waals surface area contributed by atoms with Crippen molar-refractivity contribution in [2.45, 2.75) is 19.1 Å². The summed E-state index contributed by atoms with van der Waals surface area (Å²) in [5.41, 5.74) is 0.545. The number of amides is 2. The number of aromatic nitrogens is 1. The molecule has 10 heteroatoms. The molecule has 144 valence electrons. The Morgan fingerprint density at radius 2 is 1.96 bits per heavy atom. The third-order valence-electron chi connectivity index (χ3n) is 3.19. The van der Waals surface area contributed by atoms with Crippen molar-refractivity contribution in [3.63, 3.8) is 0 Å². The highest BCUT2D eigenvalue weighted by Crippen LogP contribution is 2.15. The fourth-order valence-electron chi connectivity index (χ4n) is 1.84. The minimum atomic E-state index is -0.594. The lowest BCUT2D eigenvalue weighted by Gasteiger charge is -2.10. The van der Waals surface area contributed by atoms with E-state index in [0.29, 0.717) is 22.3 Å². The molecule has 0 bridgehead atoms. The molecular formula is C17H18ClN3O5S. The average Bonchev–Trinajstić information content (AvgIpc) is 3.04. The molecule has 27 heavy (non-hydrogen) atoms. The van der Waals surface area contributed by atoms with Gasteiger partial charge < -0.3 is 19.9 Å². The molecule has 1 aromatic carbocycles. The first-order chi connectivity index (χ1) is 12.8. The van der Waals surface area contributed by atoms with E-state index >= 15 is 0 Å². The summed E-state index contributed by atoms with van der Waals surface area (Å²) < 4.78 is 9.75. The van der Waals surface area contributed by atoms with Crippen LogP contribution >= 0.6 is 23.4 Å². The molecule has 2 rings (SSSR count). The van der Waals surface area contributed by atoms with Crippen LogP contribution in [0.4, 0.5) is 11.5 Å². The summed E-state index contributed by atoms with van der Waals surface area (Å²) in [6, 6.07) is 8.12. The molecule has 2 amide bonds. The van der Waals surface area contributed by atoms with Crippen LogP contribution in [0.5, 0.6) is 0 Å². The van der Waals surface area contributed by atoms with E-state index in [-0.39, 0.29) is 11.7 Å². The molecule has 2 N–H and O–H groups in total. The number of halogens is 1. The van der Waals surface area contributed by atoms with Crippen molar-refractivity contribution < 1.29 is 23.6 Å². The second-order valence-corrected chi connectivity index (χ2v) is 7.25. The predicted octanol–water partition coefficient (Wildman–Crippen LogP) is 2.88. The number of carbonyl (C=O) groups is 3. The van der Waals surface area contributed by atoms with Crippen molar-refractivity contribution in [3.05, 3.63) is 41.1 Å². The van der Waals surface area contributed by atoms with Gasteiger partial charge in [0.1, 0.15) is 5.76 Å². The Balaban J connectivity index is 1.66. The SMILES string of the molecule is Cc1cc(NC(=O)[C@@H](C)SCC(=O)OCC(=O)Nc2ccc(Cl)cc2)no1. The maximum atomic E-state index is 12.0. The zero-order chi connectivity index (χ0) is 19.8. The van der Waals surface area contributed by atoms with E-state index in [1.807, 2.05) is 0 Å². The molecule has 1 heterocycles. The van der Waals surface area contributed by atoms with E-state index in [1.165, 1.54) is 0 Å². The van der Waals surface area contributed by atoms with Crippen molar-refractivity contribution in [3.8, 4) is 0 Å². The van der Waals surface area contributed by atoms with Crippen LogP contribution in [0.1, 0.15) is 12.7 Å². The number of thioether (sulfide) groups is 1. The Bertz CT molecular complexity index is 809. The van der Waals surface area contributed by atoms with Crippen molar-refractivity contribution in [2.75, 3.05) is 23.0 Å². The minimum Gasteiger partial charge on any atom is -0.455 e. The number of esters is 1. The van der Waals surface area contributed by atoms with Crippen LogP contribution < -0.4 is 10.6 Å². The minimum absolute atomic E-state index is 0.0688. The van der Waals surface area contributed by atoms with Crippen molar-refractivity contribution in [1.29, 1.82) is 0 Å². The Hall–Kier alpha value is -2.52. The number of rotatable bonds is 8. The molecule has 0 aliphatic heterocycles. The van der Waals surface area contributed by atoms with Gasteiger partial charge in [0.15, 0.2) is 12.4 Å². The standard InChI is InChI=1S/C17H18ClN3O5S/c1-10-7-14(21-26-10)20-17(24)11(2)27-9-16(23)25-8-15(22)19-13-5-3-12(18)4-6-13/h3-7,11H,8-9H2,1-2H3,(H,19,22)(H,20,21,24)/t11-/m1/s1. The number of benzene rings is 1. The molecule has 2 aromatic rings. The van der Waals surface area contributed by atoms with Crippen LogP contribution in [0.25, 0.3) is 0 Å². The van der Waals surface area contributed by atoms with Gasteiger partial charge in [0.25, 0.3) is 5.91 Å². The lowest BCUT2D eigenvalue weighted by molar-refractivity contribution is -0.144. The van der Waals surface area contributed by atoms with Crippen molar-refractivity contribution >= 4 is 52.7 Å². The van der Waals surface area contributed by atoms with Crippen molar-refractivity contribution in [1.82, 2.24) is 5.16 Å². The summed E-state index contributed by atoms with van der Waals surface area (Å²) in [5.74, 6) is -0.564. The molecular weight excluding hydrogens is 394 g/mol. The molecule has 0 saturated heterocycles. The Labute approximate surface area is 164 Å². The van der Waals surface area contributed by atoms with Gasteiger partial charge in [-0.15, -0.1) is 11.8 Å². The summed E-state index contributed by atoms with van der Waals surface area (Å²) in [5, 5.41) is 8.85. The third kappa shape index (κ3) is 7.32. The fourth-order valence-corrected chi connectivity index (χ4v) is 2.65. The molecule has 0 saturated carbocycles. The highest BCUT2D eigenvalue weighted by molar-refractivity contribution is 8.01. The number of anilines is 2. The van der Waals surface area contributed by atoms with Gasteiger partial charge >= 0.3 is 5.97 Å². The van der Waals surface area contributed by atoms with E-state index in [4.69, 9.17) is 20.9 Å². The largest absolute Gasteiger partial charge is 0.455 e. The summed E-state index contributed by atoms with van der Waals surface area (Å²) in [4.78, 5) is 35.5. The third-order valence-corrected chi connectivity index (χ3v) is 4.56. The molecule has 1 atom stereocenters. The van der Waals surface area contributed by atoms with Gasteiger partial charge in [0.05, 0.1) is 11.0 Å². The first-order valence-electron chi connectivity index (χ1n) is 7.90. The van der Waals surface area contributed by atoms with Crippen LogP contribution in [-0.2, 0) is 19.1 Å². The number of carbonyl (C=O) groups excluding carboxylic acids is 3. The number of ether oxygens (including phenoxy) is 1. The normalized spacial score (nSPS) is 11.5. The number of nitrogens with one attached hydrogen (secondary N) is 2. The highest BCUT2D eigenvalue weighted by Gasteiger charge is 2.17. The van der Waals surface area contributed by atoms with E-state index in [0.717, 1.165) is 11.8 Å². The topological polar surface area (TPSA) is 111 Å². The molecule has 8 nitrogen and oxygen atoms in total. The van der Waals surface area contributed by atoms with Crippen LogP contribution in [0.15, 0.2) is 34.9 Å². The zero-order valence-electron chi connectivity index (χ0n) is 14.7. The van der Waals surface area contributed by atoms with E-state index in [1.54, 1.807) is 44.2 Å². The molecule has 0 unspecified atom stereocenters. The number of nitrogens with zero attached hydrogens (tertiary/aromatic N) is 1. The lowest BCUT2D eigenvalue weighted by Crippen LogP contribution is -2.25. The smallest absolute Gasteiger partial charge is 0.316 e. The maximum absolute atomic E-state index is 12.0. The first-order valence-corrected chi connectivity index (χ1v) is 9.33. The van der Waals surface area contributed by atoms with Gasteiger partial charge in [-0.3, -0.25) is 14.4 Å². The lowest BCUT2D eigenvalue weighted by atomic mass is 10.3. The van der Waals surface area contributed by atoms with E-state index in [2.05, 4.69) is 15.8 Å². The Kier molecular flexibility index (Phi) is 7.68. The van der Waals surface area contributed by atoms with Crippen LogP contribution in [0.3, 0.4) is 0 Å². The van der Waals surface area contributed by atoms with Crippen LogP contribution in [0.2, 0.25) is 5.02 Å². The number of hydrogen-bond acceptors (Lipinski definition) is 7. The average molecular weight is 412 g/mol. The maximum Gasteiger partial charge on any atom is 0.316 e. The second-order valence-electron chi connectivity index (χ2n) is 5.48. The quantitative estimate of drug-likeness (QED) is 0.642.